The minimum atomic E-state index is -3.24. The third-order valence-electron chi connectivity index (χ3n) is 6.30. The topological polar surface area (TPSA) is 58.6 Å². The van der Waals surface area contributed by atoms with E-state index in [2.05, 4.69) is 10.2 Å². The smallest absolute Gasteiger partial charge is 0.175 e. The van der Waals surface area contributed by atoms with Gasteiger partial charge in [-0.1, -0.05) is 23.2 Å². The predicted molar refractivity (Wildman–Crippen MR) is 114 cm³/mol. The second-order valence-corrected chi connectivity index (χ2v) is 11.1. The SMILES string of the molecule is CS(=O)(=O)c1ccc(O[C@H]2c3cc(Cl)cc(Cl)c3C[C@@H]2N2CC3C[C@@H]2CN3)cc1. The number of benzene rings is 2. The Morgan fingerprint density at radius 1 is 1.17 bits per heavy atom. The zero-order valence-corrected chi connectivity index (χ0v) is 18.3. The Balaban J connectivity index is 1.49. The molecular weight excluding hydrogens is 431 g/mol. The number of halogens is 2. The lowest BCUT2D eigenvalue weighted by Crippen LogP contribution is -2.50. The van der Waals surface area contributed by atoms with Crippen molar-refractivity contribution in [3.8, 4) is 5.75 Å². The third kappa shape index (κ3) is 3.55. The molecule has 0 amide bonds. The van der Waals surface area contributed by atoms with E-state index < -0.39 is 9.84 Å². The van der Waals surface area contributed by atoms with Gasteiger partial charge in [-0.15, -0.1) is 0 Å². The summed E-state index contributed by atoms with van der Waals surface area (Å²) in [5, 5.41) is 4.83. The molecule has 2 aliphatic heterocycles. The molecule has 0 saturated carbocycles. The fraction of sp³-hybridized carbons (Fsp3) is 0.429. The zero-order chi connectivity index (χ0) is 20.3. The summed E-state index contributed by atoms with van der Waals surface area (Å²) in [4.78, 5) is 2.82. The third-order valence-corrected chi connectivity index (χ3v) is 7.99. The molecule has 2 aromatic rings. The second kappa shape index (κ2) is 7.13. The van der Waals surface area contributed by atoms with Gasteiger partial charge in [0.2, 0.25) is 0 Å². The van der Waals surface area contributed by atoms with Crippen LogP contribution in [0, 0.1) is 0 Å². The van der Waals surface area contributed by atoms with Gasteiger partial charge in [0.05, 0.1) is 10.9 Å². The summed E-state index contributed by atoms with van der Waals surface area (Å²) >= 11 is 12.8. The summed E-state index contributed by atoms with van der Waals surface area (Å²) in [5.41, 5.74) is 2.12. The molecule has 3 aliphatic rings. The summed E-state index contributed by atoms with van der Waals surface area (Å²) in [6.45, 7) is 2.00. The summed E-state index contributed by atoms with van der Waals surface area (Å²) in [6, 6.07) is 11.6. The normalized spacial score (nSPS) is 28.7. The van der Waals surface area contributed by atoms with E-state index in [0.717, 1.165) is 37.1 Å². The molecule has 1 unspecified atom stereocenters. The maximum atomic E-state index is 11.7. The van der Waals surface area contributed by atoms with E-state index in [1.807, 2.05) is 6.07 Å². The van der Waals surface area contributed by atoms with E-state index in [9.17, 15) is 8.42 Å². The molecule has 0 radical (unpaired) electrons. The minimum Gasteiger partial charge on any atom is -0.484 e. The highest BCUT2D eigenvalue weighted by Crippen LogP contribution is 2.44. The van der Waals surface area contributed by atoms with Gasteiger partial charge in [0, 0.05) is 47.0 Å². The summed E-state index contributed by atoms with van der Waals surface area (Å²) in [5.74, 6) is 0.638. The molecule has 0 spiro atoms. The van der Waals surface area contributed by atoms with Gasteiger partial charge in [0.15, 0.2) is 9.84 Å². The molecule has 2 fully saturated rings. The van der Waals surface area contributed by atoms with Crippen LogP contribution in [0.2, 0.25) is 10.0 Å². The second-order valence-electron chi connectivity index (χ2n) is 8.20. The van der Waals surface area contributed by atoms with Crippen molar-refractivity contribution in [3.63, 3.8) is 0 Å². The van der Waals surface area contributed by atoms with Crippen LogP contribution in [-0.2, 0) is 16.3 Å². The van der Waals surface area contributed by atoms with Crippen LogP contribution in [0.4, 0.5) is 0 Å². The number of nitrogens with one attached hydrogen (secondary N) is 1. The maximum absolute atomic E-state index is 11.7. The van der Waals surface area contributed by atoms with Gasteiger partial charge in [0.25, 0.3) is 0 Å². The van der Waals surface area contributed by atoms with Gasteiger partial charge >= 0.3 is 0 Å². The van der Waals surface area contributed by atoms with Crippen LogP contribution in [0.5, 0.6) is 5.75 Å². The highest BCUT2D eigenvalue weighted by atomic mass is 35.5. The van der Waals surface area contributed by atoms with Crippen molar-refractivity contribution < 1.29 is 13.2 Å². The molecule has 0 aromatic heterocycles. The van der Waals surface area contributed by atoms with Gasteiger partial charge in [0.1, 0.15) is 11.9 Å². The number of fused-ring (bicyclic) bond motifs is 3. The Labute approximate surface area is 180 Å². The quantitative estimate of drug-likeness (QED) is 0.768. The summed E-state index contributed by atoms with van der Waals surface area (Å²) in [6.07, 6.45) is 2.98. The molecule has 2 saturated heterocycles. The lowest BCUT2D eigenvalue weighted by molar-refractivity contribution is 0.0614. The molecular formula is C21H22Cl2N2O3S. The van der Waals surface area contributed by atoms with E-state index in [1.54, 1.807) is 30.3 Å². The van der Waals surface area contributed by atoms with Gasteiger partial charge in [-0.25, -0.2) is 8.42 Å². The molecule has 2 heterocycles. The Bertz CT molecular complexity index is 1060. The molecule has 8 heteroatoms. The number of hydrogen-bond donors (Lipinski definition) is 1. The molecule has 4 atom stereocenters. The minimum absolute atomic E-state index is 0.174. The summed E-state index contributed by atoms with van der Waals surface area (Å²) < 4.78 is 29.9. The van der Waals surface area contributed by atoms with Gasteiger partial charge in [-0.3, -0.25) is 4.90 Å². The zero-order valence-electron chi connectivity index (χ0n) is 15.9. The number of likely N-dealkylation sites (tertiary alicyclic amines) is 1. The van der Waals surface area contributed by atoms with E-state index in [4.69, 9.17) is 27.9 Å². The van der Waals surface area contributed by atoms with Crippen LogP contribution in [0.3, 0.4) is 0 Å². The average Bonchev–Trinajstić information content (AvgIpc) is 3.36. The predicted octanol–water partition coefficient (Wildman–Crippen LogP) is 3.49. The standard InChI is InChI=1S/C21H22Cl2N2O3S/c1-29(26,27)16-4-2-15(3-5-16)28-21-18-6-12(22)7-19(23)17(18)9-20(21)25-11-13-8-14(25)10-24-13/h2-7,13-14,20-21,24H,8-11H2,1H3/t13?,14-,20+,21+/m1/s1. The maximum Gasteiger partial charge on any atom is 0.175 e. The first kappa shape index (κ1) is 19.6. The number of rotatable bonds is 4. The van der Waals surface area contributed by atoms with Gasteiger partial charge < -0.3 is 10.1 Å². The van der Waals surface area contributed by atoms with Crippen LogP contribution < -0.4 is 10.1 Å². The van der Waals surface area contributed by atoms with Crippen molar-refractivity contribution in [1.82, 2.24) is 10.2 Å². The fourth-order valence-corrected chi connectivity index (χ4v) is 6.18. The van der Waals surface area contributed by atoms with Crippen molar-refractivity contribution in [2.45, 2.75) is 42.0 Å². The number of hydrogen-bond acceptors (Lipinski definition) is 5. The van der Waals surface area contributed by atoms with Crippen LogP contribution in [-0.4, -0.2) is 50.8 Å². The van der Waals surface area contributed by atoms with E-state index in [-0.39, 0.29) is 17.0 Å². The van der Waals surface area contributed by atoms with Crippen LogP contribution in [0.25, 0.3) is 0 Å². The first-order chi connectivity index (χ1) is 13.8. The Morgan fingerprint density at radius 3 is 2.55 bits per heavy atom. The van der Waals surface area contributed by atoms with Crippen LogP contribution in [0.15, 0.2) is 41.3 Å². The van der Waals surface area contributed by atoms with Gasteiger partial charge in [-0.05, 0) is 54.8 Å². The Kier molecular flexibility index (Phi) is 4.83. The number of piperazine rings is 1. The van der Waals surface area contributed by atoms with Crippen molar-refractivity contribution in [1.29, 1.82) is 0 Å². The van der Waals surface area contributed by atoms with E-state index in [1.165, 1.54) is 6.26 Å². The van der Waals surface area contributed by atoms with Crippen molar-refractivity contribution >= 4 is 33.0 Å². The molecule has 2 bridgehead atoms. The van der Waals surface area contributed by atoms with E-state index in [0.29, 0.717) is 27.9 Å². The Hall–Kier alpha value is -1.31. The average molecular weight is 453 g/mol. The lowest BCUT2D eigenvalue weighted by Gasteiger charge is -2.36. The first-order valence-corrected chi connectivity index (χ1v) is 12.4. The number of nitrogens with zero attached hydrogens (tertiary/aromatic N) is 1. The number of sulfone groups is 1. The molecule has 1 aliphatic carbocycles. The largest absolute Gasteiger partial charge is 0.484 e. The molecule has 2 aromatic carbocycles. The van der Waals surface area contributed by atoms with Crippen molar-refractivity contribution in [2.24, 2.45) is 0 Å². The molecule has 5 rings (SSSR count). The van der Waals surface area contributed by atoms with Crippen molar-refractivity contribution in [2.75, 3.05) is 19.3 Å². The first-order valence-electron chi connectivity index (χ1n) is 9.73. The van der Waals surface area contributed by atoms with Crippen molar-refractivity contribution in [3.05, 3.63) is 57.6 Å². The molecule has 29 heavy (non-hydrogen) atoms. The highest BCUT2D eigenvalue weighted by molar-refractivity contribution is 7.90. The van der Waals surface area contributed by atoms with Gasteiger partial charge in [-0.2, -0.15) is 0 Å². The molecule has 154 valence electrons. The highest BCUT2D eigenvalue weighted by Gasteiger charge is 2.47. The van der Waals surface area contributed by atoms with Crippen LogP contribution in [0.1, 0.15) is 23.7 Å². The summed E-state index contributed by atoms with van der Waals surface area (Å²) in [7, 11) is -3.24. The molecule has 5 nitrogen and oxygen atoms in total. The molecule has 1 N–H and O–H groups in total. The van der Waals surface area contributed by atoms with E-state index >= 15 is 0 Å². The Morgan fingerprint density at radius 2 is 1.93 bits per heavy atom. The monoisotopic (exact) mass is 452 g/mol. The number of ether oxygens (including phenoxy) is 1. The lowest BCUT2D eigenvalue weighted by atomic mass is 10.1. The van der Waals surface area contributed by atoms with Crippen LogP contribution >= 0.6 is 23.2 Å². The fourth-order valence-electron chi connectivity index (χ4n) is 4.96.